The Bertz CT molecular complexity index is 1650. The molecule has 2 aromatic heterocycles. The minimum absolute atomic E-state index is 0.283. The number of rotatable bonds is 3. The van der Waals surface area contributed by atoms with Crippen molar-refractivity contribution < 1.29 is 9.59 Å². The number of hydrogen-bond donors (Lipinski definition) is 2. The molecule has 0 spiro atoms. The van der Waals surface area contributed by atoms with Gasteiger partial charge in [-0.2, -0.15) is 0 Å². The second-order valence-electron chi connectivity index (χ2n) is 9.18. The van der Waals surface area contributed by atoms with Crippen molar-refractivity contribution in [3.63, 3.8) is 0 Å². The topological polar surface area (TPSA) is 66.9 Å². The number of nitrogens with zero attached hydrogens (tertiary/aromatic N) is 1. The van der Waals surface area contributed by atoms with Gasteiger partial charge in [0.05, 0.1) is 27.7 Å². The highest BCUT2D eigenvalue weighted by atomic mass is 16.2. The van der Waals surface area contributed by atoms with Crippen LogP contribution in [0.4, 0.5) is 0 Å². The summed E-state index contributed by atoms with van der Waals surface area (Å²) in [6.07, 6.45) is 5.46. The zero-order valence-electron chi connectivity index (χ0n) is 18.0. The van der Waals surface area contributed by atoms with Gasteiger partial charge >= 0.3 is 0 Å². The van der Waals surface area contributed by atoms with Crippen LogP contribution < -0.4 is 5.32 Å². The van der Waals surface area contributed by atoms with Gasteiger partial charge in [0, 0.05) is 33.6 Å². The van der Waals surface area contributed by atoms with Gasteiger partial charge in [0.25, 0.3) is 11.8 Å². The number of fused-ring (bicyclic) bond motifs is 10. The molecule has 0 atom stereocenters. The molecule has 0 saturated carbocycles. The molecule has 0 aliphatic carbocycles. The van der Waals surface area contributed by atoms with Crippen LogP contribution in [0.3, 0.4) is 0 Å². The van der Waals surface area contributed by atoms with E-state index in [0.29, 0.717) is 11.1 Å². The molecule has 0 fully saturated rings. The number of H-pyrrole nitrogens is 1. The van der Waals surface area contributed by atoms with E-state index in [-0.39, 0.29) is 11.8 Å². The zero-order chi connectivity index (χ0) is 21.6. The highest BCUT2D eigenvalue weighted by Gasteiger charge is 2.36. The third-order valence-electron chi connectivity index (χ3n) is 7.34. The molecule has 2 N–H and O–H groups in total. The highest BCUT2D eigenvalue weighted by Crippen LogP contribution is 2.45. The summed E-state index contributed by atoms with van der Waals surface area (Å²) < 4.78 is 2.37. The molecule has 7 rings (SSSR count). The first kappa shape index (κ1) is 18.0. The van der Waals surface area contributed by atoms with Crippen LogP contribution in [0.2, 0.25) is 0 Å². The average Bonchev–Trinajstić information content (AvgIpc) is 3.43. The van der Waals surface area contributed by atoms with Crippen LogP contribution in [0.1, 0.15) is 58.0 Å². The number of carbonyl (C=O) groups is 2. The molecule has 4 heterocycles. The first-order valence-electron chi connectivity index (χ1n) is 11.6. The van der Waals surface area contributed by atoms with Crippen molar-refractivity contribution >= 4 is 55.4 Å². The van der Waals surface area contributed by atoms with Gasteiger partial charge < -0.3 is 9.55 Å². The molecule has 32 heavy (non-hydrogen) atoms. The molecular weight excluding hydrogens is 398 g/mol. The summed E-state index contributed by atoms with van der Waals surface area (Å²) in [4.78, 5) is 29.7. The summed E-state index contributed by atoms with van der Waals surface area (Å²) in [5.74, 6) is -0.575. The molecule has 3 aromatic carbocycles. The molecule has 0 bridgehead atoms. The van der Waals surface area contributed by atoms with E-state index >= 15 is 0 Å². The number of para-hydroxylation sites is 1. The number of aromatic amines is 1. The van der Waals surface area contributed by atoms with Gasteiger partial charge in [0.1, 0.15) is 0 Å². The first-order valence-corrected chi connectivity index (χ1v) is 11.6. The van der Waals surface area contributed by atoms with Crippen molar-refractivity contribution in [2.24, 2.45) is 0 Å². The standard InChI is InChI=1S/C27H23N3O2/c1-2-3-6-14-10-11-16-18(13-14)28-23-19(16)21-22(27(32)29-26(21)31)20-17-9-4-7-15-8-5-12-30(24(15)17)25(20)23/h4,7,9-11,13,28H,2-3,5-6,8,12H2,1H3,(H,29,31,32). The Morgan fingerprint density at radius 2 is 1.81 bits per heavy atom. The molecule has 0 radical (unpaired) electrons. The summed E-state index contributed by atoms with van der Waals surface area (Å²) in [6.45, 7) is 3.12. The number of carbonyl (C=O) groups excluding carboxylic acids is 2. The normalized spacial score (nSPS) is 15.4. The van der Waals surface area contributed by atoms with E-state index in [1.54, 1.807) is 0 Å². The summed E-state index contributed by atoms with van der Waals surface area (Å²) in [5.41, 5.74) is 7.93. The van der Waals surface area contributed by atoms with Gasteiger partial charge in [0.15, 0.2) is 0 Å². The Morgan fingerprint density at radius 1 is 0.969 bits per heavy atom. The van der Waals surface area contributed by atoms with Crippen LogP contribution in [0.15, 0.2) is 36.4 Å². The smallest absolute Gasteiger partial charge is 0.259 e. The Labute approximate surface area is 184 Å². The minimum Gasteiger partial charge on any atom is -0.353 e. The monoisotopic (exact) mass is 421 g/mol. The molecule has 2 aliphatic rings. The lowest BCUT2D eigenvalue weighted by Gasteiger charge is -2.16. The first-order chi connectivity index (χ1) is 15.7. The van der Waals surface area contributed by atoms with Crippen molar-refractivity contribution in [1.82, 2.24) is 14.9 Å². The fourth-order valence-corrected chi connectivity index (χ4v) is 6.00. The lowest BCUT2D eigenvalue weighted by molar-refractivity contribution is 0.0880. The molecular formula is C27H23N3O2. The number of unbranched alkanes of at least 4 members (excludes halogenated alkanes) is 1. The maximum absolute atomic E-state index is 13.1. The van der Waals surface area contributed by atoms with Gasteiger partial charge in [-0.3, -0.25) is 14.9 Å². The number of hydrogen-bond acceptors (Lipinski definition) is 2. The number of imide groups is 1. The largest absolute Gasteiger partial charge is 0.353 e. The minimum atomic E-state index is -0.292. The van der Waals surface area contributed by atoms with Crippen LogP contribution in [0.25, 0.3) is 43.6 Å². The Kier molecular flexibility index (Phi) is 3.50. The fourth-order valence-electron chi connectivity index (χ4n) is 6.00. The molecule has 0 saturated heterocycles. The quantitative estimate of drug-likeness (QED) is 0.372. The van der Waals surface area contributed by atoms with Crippen LogP contribution >= 0.6 is 0 Å². The maximum atomic E-state index is 13.1. The van der Waals surface area contributed by atoms with E-state index in [4.69, 9.17) is 0 Å². The fraction of sp³-hybridized carbons (Fsp3) is 0.259. The van der Waals surface area contributed by atoms with E-state index in [1.165, 1.54) is 16.6 Å². The lowest BCUT2D eigenvalue weighted by atomic mass is 9.96. The SMILES string of the molecule is CCCCc1ccc2c(c1)[nH]c1c2c2c(c3c4cccc5c4n(c13)CCC5)C(=O)NC2=O. The molecule has 5 aromatic rings. The summed E-state index contributed by atoms with van der Waals surface area (Å²) in [5, 5.41) is 6.45. The molecule has 2 amide bonds. The van der Waals surface area contributed by atoms with Crippen molar-refractivity contribution in [3.8, 4) is 0 Å². The highest BCUT2D eigenvalue weighted by molar-refractivity contribution is 6.39. The Balaban J connectivity index is 1.72. The molecule has 5 nitrogen and oxygen atoms in total. The van der Waals surface area contributed by atoms with Crippen molar-refractivity contribution in [2.45, 2.75) is 45.6 Å². The van der Waals surface area contributed by atoms with E-state index in [2.05, 4.69) is 58.2 Å². The summed E-state index contributed by atoms with van der Waals surface area (Å²) >= 11 is 0. The Hall–Kier alpha value is -3.60. The number of aryl methyl sites for hydroxylation is 3. The second kappa shape index (κ2) is 6.22. The van der Waals surface area contributed by atoms with E-state index in [0.717, 1.165) is 76.7 Å². The van der Waals surface area contributed by atoms with Gasteiger partial charge in [0.2, 0.25) is 0 Å². The third-order valence-corrected chi connectivity index (χ3v) is 7.34. The van der Waals surface area contributed by atoms with Crippen LogP contribution in [0, 0.1) is 0 Å². The predicted octanol–water partition coefficient (Wildman–Crippen LogP) is 5.60. The number of nitrogens with one attached hydrogen (secondary N) is 2. The lowest BCUT2D eigenvalue weighted by Crippen LogP contribution is -2.20. The average molecular weight is 422 g/mol. The number of benzene rings is 3. The Morgan fingerprint density at radius 3 is 2.66 bits per heavy atom. The third kappa shape index (κ3) is 2.13. The van der Waals surface area contributed by atoms with Gasteiger partial charge in [-0.25, -0.2) is 0 Å². The van der Waals surface area contributed by atoms with E-state index < -0.39 is 0 Å². The van der Waals surface area contributed by atoms with Crippen molar-refractivity contribution in [3.05, 3.63) is 58.7 Å². The van der Waals surface area contributed by atoms with E-state index in [9.17, 15) is 9.59 Å². The van der Waals surface area contributed by atoms with Gasteiger partial charge in [-0.05, 0) is 42.9 Å². The van der Waals surface area contributed by atoms with Crippen molar-refractivity contribution in [2.75, 3.05) is 0 Å². The van der Waals surface area contributed by atoms with Crippen LogP contribution in [-0.2, 0) is 19.4 Å². The molecule has 5 heteroatoms. The van der Waals surface area contributed by atoms with Gasteiger partial charge in [-0.15, -0.1) is 0 Å². The summed E-state index contributed by atoms with van der Waals surface area (Å²) in [7, 11) is 0. The second-order valence-corrected chi connectivity index (χ2v) is 9.18. The number of aromatic nitrogens is 2. The van der Waals surface area contributed by atoms with Crippen LogP contribution in [0.5, 0.6) is 0 Å². The number of amides is 2. The molecule has 158 valence electrons. The van der Waals surface area contributed by atoms with E-state index in [1.807, 2.05) is 0 Å². The van der Waals surface area contributed by atoms with Gasteiger partial charge in [-0.1, -0.05) is 43.7 Å². The predicted molar refractivity (Wildman–Crippen MR) is 128 cm³/mol. The molecule has 0 unspecified atom stereocenters. The van der Waals surface area contributed by atoms with Crippen LogP contribution in [-0.4, -0.2) is 21.4 Å². The maximum Gasteiger partial charge on any atom is 0.259 e. The summed E-state index contributed by atoms with van der Waals surface area (Å²) in [6, 6.07) is 12.8. The zero-order valence-corrected chi connectivity index (χ0v) is 18.0. The molecule has 2 aliphatic heterocycles. The van der Waals surface area contributed by atoms with Crippen molar-refractivity contribution in [1.29, 1.82) is 0 Å².